The molecule has 4 nitrogen and oxygen atoms in total. The van der Waals surface area contributed by atoms with Crippen LogP contribution in [0.3, 0.4) is 0 Å². The van der Waals surface area contributed by atoms with Crippen molar-refractivity contribution >= 4 is 5.78 Å². The van der Waals surface area contributed by atoms with E-state index < -0.39 is 6.10 Å². The molecule has 27 heavy (non-hydrogen) atoms. The first kappa shape index (κ1) is 19.7. The maximum Gasteiger partial charge on any atom is 0.160 e. The van der Waals surface area contributed by atoms with E-state index in [0.29, 0.717) is 19.4 Å². The number of aliphatic hydroxyl groups is 1. The zero-order chi connectivity index (χ0) is 19.1. The van der Waals surface area contributed by atoms with Crippen LogP contribution in [0.2, 0.25) is 0 Å². The van der Waals surface area contributed by atoms with E-state index in [1.165, 1.54) is 0 Å². The van der Waals surface area contributed by atoms with Crippen LogP contribution in [0.4, 0.5) is 0 Å². The van der Waals surface area contributed by atoms with E-state index in [1.807, 2.05) is 48.5 Å². The number of rotatable bonds is 8. The second-order valence-corrected chi connectivity index (χ2v) is 7.12. The third-order valence-corrected chi connectivity index (χ3v) is 4.99. The van der Waals surface area contributed by atoms with Gasteiger partial charge < -0.3 is 14.6 Å². The van der Waals surface area contributed by atoms with Crippen LogP contribution in [0.15, 0.2) is 48.5 Å². The summed E-state index contributed by atoms with van der Waals surface area (Å²) in [5, 5.41) is 10.6. The molecule has 0 saturated carbocycles. The Bertz CT molecular complexity index is 750. The van der Waals surface area contributed by atoms with Gasteiger partial charge in [-0.1, -0.05) is 48.5 Å². The monoisotopic (exact) mass is 368 g/mol. The Morgan fingerprint density at radius 1 is 1.22 bits per heavy atom. The van der Waals surface area contributed by atoms with Crippen molar-refractivity contribution in [3.8, 4) is 0 Å². The fourth-order valence-corrected chi connectivity index (χ4v) is 3.46. The number of aryl methyl sites for hydroxylation is 1. The Labute approximate surface area is 161 Å². The van der Waals surface area contributed by atoms with Gasteiger partial charge in [-0.25, -0.2) is 0 Å². The molecular weight excluding hydrogens is 340 g/mol. The minimum Gasteiger partial charge on any atom is -0.388 e. The van der Waals surface area contributed by atoms with E-state index in [2.05, 4.69) is 0 Å². The van der Waals surface area contributed by atoms with Crippen LogP contribution in [0, 0.1) is 0 Å². The van der Waals surface area contributed by atoms with Gasteiger partial charge in [-0.3, -0.25) is 4.79 Å². The summed E-state index contributed by atoms with van der Waals surface area (Å²) in [6.45, 7) is 2.83. The van der Waals surface area contributed by atoms with Crippen molar-refractivity contribution < 1.29 is 19.4 Å². The molecule has 1 aliphatic heterocycles. The highest BCUT2D eigenvalue weighted by atomic mass is 16.7. The van der Waals surface area contributed by atoms with Gasteiger partial charge in [-0.2, -0.15) is 0 Å². The van der Waals surface area contributed by atoms with Crippen LogP contribution in [0.5, 0.6) is 0 Å². The topological polar surface area (TPSA) is 55.8 Å². The number of carbonyl (C=O) groups excluding carboxylic acids is 1. The highest BCUT2D eigenvalue weighted by molar-refractivity contribution is 5.95. The van der Waals surface area contributed by atoms with Crippen LogP contribution in [0.1, 0.15) is 65.8 Å². The lowest BCUT2D eigenvalue weighted by molar-refractivity contribution is -0.168. The number of benzene rings is 2. The molecule has 2 atom stereocenters. The van der Waals surface area contributed by atoms with E-state index in [0.717, 1.165) is 48.1 Å². The molecule has 1 N–H and O–H groups in total. The van der Waals surface area contributed by atoms with Gasteiger partial charge in [-0.05, 0) is 55.7 Å². The Kier molecular flexibility index (Phi) is 7.16. The zero-order valence-corrected chi connectivity index (χ0v) is 15.9. The van der Waals surface area contributed by atoms with E-state index in [-0.39, 0.29) is 12.1 Å². The smallest absolute Gasteiger partial charge is 0.160 e. The molecular formula is C23H28O4. The zero-order valence-electron chi connectivity index (χ0n) is 15.9. The normalized spacial score (nSPS) is 18.2. The Morgan fingerprint density at radius 2 is 2.07 bits per heavy atom. The van der Waals surface area contributed by atoms with Crippen LogP contribution in [-0.2, 0) is 22.5 Å². The molecule has 0 radical (unpaired) electrons. The molecule has 3 rings (SSSR count). The fraction of sp³-hybridized carbons (Fsp3) is 0.435. The molecule has 144 valence electrons. The van der Waals surface area contributed by atoms with Crippen LogP contribution in [-0.4, -0.2) is 23.8 Å². The summed E-state index contributed by atoms with van der Waals surface area (Å²) in [4.78, 5) is 11.7. The van der Waals surface area contributed by atoms with Crippen LogP contribution in [0.25, 0.3) is 0 Å². The number of ether oxygens (including phenoxy) is 2. The number of aliphatic hydroxyl groups excluding tert-OH is 1. The van der Waals surface area contributed by atoms with Gasteiger partial charge in [0.2, 0.25) is 0 Å². The predicted molar refractivity (Wildman–Crippen MR) is 105 cm³/mol. The highest BCUT2D eigenvalue weighted by Crippen LogP contribution is 2.23. The molecule has 0 spiro atoms. The first-order valence-electron chi connectivity index (χ1n) is 9.72. The maximum atomic E-state index is 11.7. The molecule has 1 saturated heterocycles. The van der Waals surface area contributed by atoms with E-state index in [9.17, 15) is 9.90 Å². The molecule has 2 aromatic rings. The average molecular weight is 368 g/mol. The Hall–Kier alpha value is -2.01. The molecule has 1 fully saturated rings. The van der Waals surface area contributed by atoms with Crippen molar-refractivity contribution in [2.45, 2.75) is 58.0 Å². The van der Waals surface area contributed by atoms with Crippen molar-refractivity contribution in [2.75, 3.05) is 6.61 Å². The van der Waals surface area contributed by atoms with E-state index in [1.54, 1.807) is 6.92 Å². The first-order valence-corrected chi connectivity index (χ1v) is 9.72. The summed E-state index contributed by atoms with van der Waals surface area (Å²) >= 11 is 0. The predicted octanol–water partition coefficient (Wildman–Crippen LogP) is 4.60. The lowest BCUT2D eigenvalue weighted by Gasteiger charge is -2.23. The maximum absolute atomic E-state index is 11.7. The number of ketones is 1. The fourth-order valence-electron chi connectivity index (χ4n) is 3.46. The van der Waals surface area contributed by atoms with Crippen LogP contribution >= 0.6 is 0 Å². The first-order chi connectivity index (χ1) is 13.1. The molecule has 2 unspecified atom stereocenters. The van der Waals surface area contributed by atoms with Gasteiger partial charge >= 0.3 is 0 Å². The van der Waals surface area contributed by atoms with Crippen molar-refractivity contribution in [1.82, 2.24) is 0 Å². The quantitative estimate of drug-likeness (QED) is 0.692. The number of Topliss-reactive ketones (excluding diaryl/α,β-unsaturated/α-hetero) is 1. The summed E-state index contributed by atoms with van der Waals surface area (Å²) in [6.07, 6.45) is 3.73. The molecule has 4 heteroatoms. The van der Waals surface area contributed by atoms with Crippen molar-refractivity contribution in [3.63, 3.8) is 0 Å². The molecule has 1 heterocycles. The molecule has 2 aromatic carbocycles. The minimum atomic E-state index is -0.573. The van der Waals surface area contributed by atoms with E-state index >= 15 is 0 Å². The second kappa shape index (κ2) is 9.79. The molecule has 0 amide bonds. The Balaban J connectivity index is 1.57. The number of hydrogen-bond donors (Lipinski definition) is 1. The second-order valence-electron chi connectivity index (χ2n) is 7.12. The van der Waals surface area contributed by atoms with Gasteiger partial charge in [0, 0.05) is 12.2 Å². The summed E-state index contributed by atoms with van der Waals surface area (Å²) < 4.78 is 11.4. The lowest BCUT2D eigenvalue weighted by Crippen LogP contribution is -2.22. The minimum absolute atomic E-state index is 0.0594. The van der Waals surface area contributed by atoms with Gasteiger partial charge in [0.05, 0.1) is 12.7 Å². The SMILES string of the molecule is CC(=O)c1ccccc1CCC(O)c1cccc(COC2CCCCO2)c1. The van der Waals surface area contributed by atoms with Gasteiger partial charge in [0.25, 0.3) is 0 Å². The molecule has 0 bridgehead atoms. The summed E-state index contributed by atoms with van der Waals surface area (Å²) in [5.41, 5.74) is 3.63. The summed E-state index contributed by atoms with van der Waals surface area (Å²) in [7, 11) is 0. The van der Waals surface area contributed by atoms with Crippen LogP contribution < -0.4 is 0 Å². The standard InChI is InChI=1S/C23H28O4/c1-17(24)21-10-3-2-8-19(21)12-13-22(25)20-9-6-7-18(15-20)16-27-23-11-4-5-14-26-23/h2-3,6-10,15,22-23,25H,4-5,11-14,16H2,1H3. The van der Waals surface area contributed by atoms with Gasteiger partial charge in [0.1, 0.15) is 0 Å². The van der Waals surface area contributed by atoms with Crippen molar-refractivity contribution in [3.05, 3.63) is 70.8 Å². The number of hydrogen-bond acceptors (Lipinski definition) is 4. The van der Waals surface area contributed by atoms with Crippen molar-refractivity contribution in [1.29, 1.82) is 0 Å². The highest BCUT2D eigenvalue weighted by Gasteiger charge is 2.15. The molecule has 0 aliphatic carbocycles. The van der Waals surface area contributed by atoms with E-state index in [4.69, 9.17) is 9.47 Å². The van der Waals surface area contributed by atoms with Crippen molar-refractivity contribution in [2.24, 2.45) is 0 Å². The third kappa shape index (κ3) is 5.73. The lowest BCUT2D eigenvalue weighted by atomic mass is 9.96. The summed E-state index contributed by atoms with van der Waals surface area (Å²) in [5.74, 6) is 0.0594. The summed E-state index contributed by atoms with van der Waals surface area (Å²) in [6, 6.07) is 15.5. The van der Waals surface area contributed by atoms with Gasteiger partial charge in [0.15, 0.2) is 12.1 Å². The molecule has 1 aliphatic rings. The third-order valence-electron chi connectivity index (χ3n) is 4.99. The number of carbonyl (C=O) groups is 1. The molecule has 0 aromatic heterocycles. The van der Waals surface area contributed by atoms with Gasteiger partial charge in [-0.15, -0.1) is 0 Å². The Morgan fingerprint density at radius 3 is 2.85 bits per heavy atom. The largest absolute Gasteiger partial charge is 0.388 e. The average Bonchev–Trinajstić information content (AvgIpc) is 2.71.